The third-order valence-electron chi connectivity index (χ3n) is 2.43. The molecule has 1 aliphatic rings. The number of amides is 2. The second-order valence-electron chi connectivity index (χ2n) is 3.59. The Kier molecular flexibility index (Phi) is 3.14. The Bertz CT molecular complexity index is 392. The number of aromatic amines is 1. The number of hydrogen-bond acceptors (Lipinski definition) is 4. The number of thiol groups is 1. The molecule has 16 heavy (non-hydrogen) atoms. The average molecular weight is 240 g/mol. The van der Waals surface area contributed by atoms with Gasteiger partial charge < -0.3 is 15.6 Å². The van der Waals surface area contributed by atoms with Crippen LogP contribution >= 0.6 is 12.6 Å². The smallest absolute Gasteiger partial charge is 0.244 e. The minimum absolute atomic E-state index is 0.187. The van der Waals surface area contributed by atoms with Gasteiger partial charge in [-0.25, -0.2) is 4.98 Å². The van der Waals surface area contributed by atoms with Gasteiger partial charge in [0.2, 0.25) is 11.8 Å². The lowest BCUT2D eigenvalue weighted by Gasteiger charge is -2.28. The number of carbonyl (C=O) groups excluding carboxylic acids is 2. The first-order valence-electron chi connectivity index (χ1n) is 4.89. The number of rotatable bonds is 3. The largest absolute Gasteiger partial charge is 0.348 e. The Labute approximate surface area is 97.6 Å². The third-order valence-corrected chi connectivity index (χ3v) is 2.79. The van der Waals surface area contributed by atoms with Crippen molar-refractivity contribution in [3.8, 4) is 0 Å². The number of nitrogens with zero attached hydrogens (tertiary/aromatic N) is 1. The topological polar surface area (TPSA) is 86.9 Å². The summed E-state index contributed by atoms with van der Waals surface area (Å²) in [6, 6.07) is -1.07. The van der Waals surface area contributed by atoms with E-state index in [2.05, 4.69) is 33.2 Å². The Morgan fingerprint density at radius 3 is 2.56 bits per heavy atom. The van der Waals surface area contributed by atoms with Crippen LogP contribution in [-0.2, 0) is 16.0 Å². The van der Waals surface area contributed by atoms with Crippen molar-refractivity contribution >= 4 is 24.4 Å². The molecule has 0 aromatic carbocycles. The van der Waals surface area contributed by atoms with E-state index in [9.17, 15) is 9.59 Å². The normalized spacial score (nSPS) is 25.1. The highest BCUT2D eigenvalue weighted by molar-refractivity contribution is 7.80. The van der Waals surface area contributed by atoms with Crippen molar-refractivity contribution in [3.05, 3.63) is 18.2 Å². The van der Waals surface area contributed by atoms with Gasteiger partial charge in [-0.1, -0.05) is 0 Å². The number of aromatic nitrogens is 2. The molecule has 0 aliphatic carbocycles. The van der Waals surface area contributed by atoms with Gasteiger partial charge in [-0.15, -0.1) is 0 Å². The highest BCUT2D eigenvalue weighted by Crippen LogP contribution is 2.04. The highest BCUT2D eigenvalue weighted by Gasteiger charge is 2.32. The Balaban J connectivity index is 2.02. The fourth-order valence-corrected chi connectivity index (χ4v) is 1.82. The highest BCUT2D eigenvalue weighted by atomic mass is 32.1. The van der Waals surface area contributed by atoms with E-state index >= 15 is 0 Å². The lowest BCUT2D eigenvalue weighted by atomic mass is 10.1. The van der Waals surface area contributed by atoms with Gasteiger partial charge >= 0.3 is 0 Å². The van der Waals surface area contributed by atoms with Crippen LogP contribution in [0, 0.1) is 0 Å². The van der Waals surface area contributed by atoms with E-state index in [4.69, 9.17) is 0 Å². The first-order valence-corrected chi connectivity index (χ1v) is 5.53. The summed E-state index contributed by atoms with van der Waals surface area (Å²) in [7, 11) is 0. The summed E-state index contributed by atoms with van der Waals surface area (Å²) >= 11 is 3.99. The number of hydrogen-bond donors (Lipinski definition) is 4. The predicted octanol–water partition coefficient (Wildman–Crippen LogP) is -1.13. The molecule has 2 amide bonds. The molecule has 0 bridgehead atoms. The molecule has 0 spiro atoms. The van der Waals surface area contributed by atoms with Gasteiger partial charge in [-0.05, 0) is 0 Å². The van der Waals surface area contributed by atoms with E-state index in [-0.39, 0.29) is 11.8 Å². The molecular formula is C9H12N4O2S. The van der Waals surface area contributed by atoms with Gasteiger partial charge in [-0.2, -0.15) is 12.6 Å². The van der Waals surface area contributed by atoms with Crippen molar-refractivity contribution < 1.29 is 9.59 Å². The molecule has 2 atom stereocenters. The zero-order valence-corrected chi connectivity index (χ0v) is 9.33. The molecule has 0 radical (unpaired) electrons. The molecule has 0 unspecified atom stereocenters. The summed E-state index contributed by atoms with van der Waals surface area (Å²) in [5.41, 5.74) is 0.810. The van der Waals surface area contributed by atoms with E-state index in [1.165, 1.54) is 6.33 Å². The second kappa shape index (κ2) is 4.56. The van der Waals surface area contributed by atoms with Gasteiger partial charge in [0.15, 0.2) is 0 Å². The summed E-state index contributed by atoms with van der Waals surface area (Å²) in [4.78, 5) is 29.9. The lowest BCUT2D eigenvalue weighted by molar-refractivity contribution is -0.136. The Morgan fingerprint density at radius 2 is 1.94 bits per heavy atom. The minimum Gasteiger partial charge on any atom is -0.348 e. The fraction of sp³-hybridized carbons (Fsp3) is 0.444. The van der Waals surface area contributed by atoms with Crippen molar-refractivity contribution in [2.45, 2.75) is 18.5 Å². The first kappa shape index (κ1) is 11.0. The van der Waals surface area contributed by atoms with Crippen LogP contribution in [0.2, 0.25) is 0 Å². The molecule has 1 fully saturated rings. The van der Waals surface area contributed by atoms with Crippen LogP contribution in [0.3, 0.4) is 0 Å². The quantitative estimate of drug-likeness (QED) is 0.504. The summed E-state index contributed by atoms with van der Waals surface area (Å²) in [6.07, 6.45) is 3.58. The third kappa shape index (κ3) is 2.19. The van der Waals surface area contributed by atoms with E-state index < -0.39 is 12.1 Å². The van der Waals surface area contributed by atoms with Crippen molar-refractivity contribution in [2.24, 2.45) is 0 Å². The maximum absolute atomic E-state index is 11.6. The minimum atomic E-state index is -0.538. The van der Waals surface area contributed by atoms with Gasteiger partial charge in [0.05, 0.1) is 6.33 Å². The van der Waals surface area contributed by atoms with Crippen molar-refractivity contribution in [3.63, 3.8) is 0 Å². The molecule has 1 saturated heterocycles. The molecule has 2 rings (SSSR count). The molecule has 1 aliphatic heterocycles. The number of nitrogens with one attached hydrogen (secondary N) is 3. The van der Waals surface area contributed by atoms with Crippen LogP contribution in [0.25, 0.3) is 0 Å². The summed E-state index contributed by atoms with van der Waals surface area (Å²) < 4.78 is 0. The number of piperazine rings is 1. The van der Waals surface area contributed by atoms with E-state index in [1.54, 1.807) is 6.20 Å². The maximum Gasteiger partial charge on any atom is 0.244 e. The molecule has 86 valence electrons. The zero-order valence-electron chi connectivity index (χ0n) is 8.43. The molecule has 1 aromatic heterocycles. The molecule has 7 heteroatoms. The summed E-state index contributed by atoms with van der Waals surface area (Å²) in [5.74, 6) is -0.0821. The van der Waals surface area contributed by atoms with Crippen molar-refractivity contribution in [2.75, 3.05) is 5.75 Å². The van der Waals surface area contributed by atoms with Crippen molar-refractivity contribution in [1.29, 1.82) is 0 Å². The molecule has 2 heterocycles. The van der Waals surface area contributed by atoms with Crippen LogP contribution in [0.5, 0.6) is 0 Å². The fourth-order valence-electron chi connectivity index (χ4n) is 1.56. The molecule has 1 aromatic rings. The van der Waals surface area contributed by atoms with Crippen LogP contribution in [0.1, 0.15) is 5.69 Å². The maximum atomic E-state index is 11.6. The standard InChI is InChI=1S/C9H12N4O2S/c14-8-6(1-5-2-10-4-11-5)12-9(15)7(3-16)13-8/h2,4,6-7,16H,1,3H2,(H,10,11)(H,12,15)(H,13,14)/t6-,7-/m0/s1. The molecule has 3 N–H and O–H groups in total. The number of imidazole rings is 1. The molecule has 0 saturated carbocycles. The molecule has 6 nitrogen and oxygen atoms in total. The van der Waals surface area contributed by atoms with Gasteiger partial charge in [0.25, 0.3) is 0 Å². The average Bonchev–Trinajstić information content (AvgIpc) is 2.75. The Hall–Kier alpha value is -1.50. The second-order valence-corrected chi connectivity index (χ2v) is 3.95. The lowest BCUT2D eigenvalue weighted by Crippen LogP contribution is -2.62. The van der Waals surface area contributed by atoms with Gasteiger partial charge in [-0.3, -0.25) is 9.59 Å². The number of carbonyl (C=O) groups is 2. The van der Waals surface area contributed by atoms with E-state index in [0.29, 0.717) is 12.2 Å². The van der Waals surface area contributed by atoms with E-state index in [0.717, 1.165) is 5.69 Å². The van der Waals surface area contributed by atoms with Gasteiger partial charge in [0.1, 0.15) is 12.1 Å². The van der Waals surface area contributed by atoms with Gasteiger partial charge in [0, 0.05) is 24.1 Å². The van der Waals surface area contributed by atoms with Crippen LogP contribution in [0.15, 0.2) is 12.5 Å². The predicted molar refractivity (Wildman–Crippen MR) is 60.0 cm³/mol. The molecular weight excluding hydrogens is 228 g/mol. The van der Waals surface area contributed by atoms with Crippen LogP contribution in [0.4, 0.5) is 0 Å². The number of H-pyrrole nitrogens is 1. The summed E-state index contributed by atoms with van der Waals surface area (Å²) in [5, 5.41) is 5.27. The van der Waals surface area contributed by atoms with Crippen LogP contribution in [-0.4, -0.2) is 39.6 Å². The zero-order chi connectivity index (χ0) is 11.5. The summed E-state index contributed by atoms with van der Waals surface area (Å²) in [6.45, 7) is 0. The van der Waals surface area contributed by atoms with Crippen molar-refractivity contribution in [1.82, 2.24) is 20.6 Å². The van der Waals surface area contributed by atoms with Crippen LogP contribution < -0.4 is 10.6 Å². The van der Waals surface area contributed by atoms with E-state index in [1.807, 2.05) is 0 Å². The monoisotopic (exact) mass is 240 g/mol. The Morgan fingerprint density at radius 1 is 1.25 bits per heavy atom. The SMILES string of the molecule is O=C1N[C@@H](Cc2cnc[nH]2)C(=O)N[C@H]1CS. The first-order chi connectivity index (χ1) is 7.70.